The van der Waals surface area contributed by atoms with Crippen molar-refractivity contribution in [3.8, 4) is 6.07 Å². The van der Waals surface area contributed by atoms with Gasteiger partial charge in [0.15, 0.2) is 0 Å². The Labute approximate surface area is 135 Å². The van der Waals surface area contributed by atoms with Crippen LogP contribution < -0.4 is 5.32 Å². The van der Waals surface area contributed by atoms with E-state index in [9.17, 15) is 0 Å². The van der Waals surface area contributed by atoms with Crippen molar-refractivity contribution in [3.05, 3.63) is 53.0 Å². The lowest BCUT2D eigenvalue weighted by Gasteiger charge is -2.10. The average molecular weight is 305 g/mol. The van der Waals surface area contributed by atoms with Crippen LogP contribution in [0.1, 0.15) is 22.6 Å². The minimum Gasteiger partial charge on any atom is -0.384 e. The molecule has 0 aliphatic carbocycles. The summed E-state index contributed by atoms with van der Waals surface area (Å²) in [6, 6.07) is 11.8. The molecule has 0 saturated carbocycles. The van der Waals surface area contributed by atoms with Gasteiger partial charge in [0, 0.05) is 30.4 Å². The number of benzene rings is 1. The van der Waals surface area contributed by atoms with Crippen LogP contribution in [-0.2, 0) is 13.5 Å². The molecule has 116 valence electrons. The van der Waals surface area contributed by atoms with Gasteiger partial charge in [0.1, 0.15) is 11.8 Å². The zero-order valence-corrected chi connectivity index (χ0v) is 13.6. The summed E-state index contributed by atoms with van der Waals surface area (Å²) in [6.07, 6.45) is 0.893. The van der Waals surface area contributed by atoms with Gasteiger partial charge in [-0.3, -0.25) is 4.68 Å². The molecule has 3 aromatic rings. The van der Waals surface area contributed by atoms with E-state index in [0.717, 1.165) is 35.2 Å². The lowest BCUT2D eigenvalue weighted by molar-refractivity contribution is 0.730. The van der Waals surface area contributed by atoms with Crippen molar-refractivity contribution in [2.45, 2.75) is 20.3 Å². The molecule has 5 heteroatoms. The quantitative estimate of drug-likeness (QED) is 0.804. The van der Waals surface area contributed by atoms with Crippen molar-refractivity contribution in [2.75, 3.05) is 11.9 Å². The topological polar surface area (TPSA) is 66.5 Å². The first-order chi connectivity index (χ1) is 11.1. The van der Waals surface area contributed by atoms with Crippen molar-refractivity contribution in [1.29, 1.82) is 5.26 Å². The van der Waals surface area contributed by atoms with Crippen LogP contribution in [0.25, 0.3) is 10.9 Å². The van der Waals surface area contributed by atoms with Gasteiger partial charge >= 0.3 is 0 Å². The highest BCUT2D eigenvalue weighted by atomic mass is 15.3. The summed E-state index contributed by atoms with van der Waals surface area (Å²) in [7, 11) is 1.97. The maximum absolute atomic E-state index is 9.15. The number of hydrogen-bond acceptors (Lipinski definition) is 4. The minimum absolute atomic E-state index is 0.430. The van der Waals surface area contributed by atoms with Gasteiger partial charge in [0.25, 0.3) is 0 Å². The Kier molecular flexibility index (Phi) is 3.98. The Morgan fingerprint density at radius 1 is 1.26 bits per heavy atom. The molecule has 0 atom stereocenters. The maximum Gasteiger partial charge on any atom is 0.143 e. The number of aryl methyl sites for hydroxylation is 2. The van der Waals surface area contributed by atoms with Crippen LogP contribution in [0.15, 0.2) is 30.3 Å². The highest BCUT2D eigenvalue weighted by Crippen LogP contribution is 2.23. The van der Waals surface area contributed by atoms with Crippen LogP contribution >= 0.6 is 0 Å². The van der Waals surface area contributed by atoms with Crippen molar-refractivity contribution >= 4 is 16.6 Å². The van der Waals surface area contributed by atoms with E-state index in [2.05, 4.69) is 28.4 Å². The monoisotopic (exact) mass is 305 g/mol. The molecule has 0 saturated heterocycles. The van der Waals surface area contributed by atoms with Crippen LogP contribution in [0.2, 0.25) is 0 Å². The summed E-state index contributed by atoms with van der Waals surface area (Å²) in [5, 5.41) is 18.1. The molecule has 2 aromatic heterocycles. The van der Waals surface area contributed by atoms with Crippen LogP contribution in [0.3, 0.4) is 0 Å². The van der Waals surface area contributed by atoms with Gasteiger partial charge in [0.05, 0.1) is 11.2 Å². The van der Waals surface area contributed by atoms with E-state index < -0.39 is 0 Å². The molecule has 0 spiro atoms. The summed E-state index contributed by atoms with van der Waals surface area (Å²) < 4.78 is 1.92. The van der Waals surface area contributed by atoms with Crippen LogP contribution in [0.5, 0.6) is 0 Å². The van der Waals surface area contributed by atoms with Crippen LogP contribution in [0.4, 0.5) is 5.69 Å². The van der Waals surface area contributed by atoms with E-state index in [1.807, 2.05) is 49.0 Å². The second kappa shape index (κ2) is 6.09. The number of nitriles is 1. The van der Waals surface area contributed by atoms with Crippen LogP contribution in [0, 0.1) is 25.2 Å². The smallest absolute Gasteiger partial charge is 0.143 e. The third-order valence-corrected chi connectivity index (χ3v) is 4.18. The van der Waals surface area contributed by atoms with E-state index in [1.54, 1.807) is 0 Å². The predicted molar refractivity (Wildman–Crippen MR) is 91.3 cm³/mol. The molecule has 0 bridgehead atoms. The number of rotatable bonds is 4. The summed E-state index contributed by atoms with van der Waals surface area (Å²) in [6.45, 7) is 4.91. The molecule has 5 nitrogen and oxygen atoms in total. The predicted octanol–water partition coefficient (Wildman–Crippen LogP) is 3.11. The summed E-state index contributed by atoms with van der Waals surface area (Å²) in [4.78, 5) is 4.34. The molecule has 1 N–H and O–H groups in total. The lowest BCUT2D eigenvalue weighted by Crippen LogP contribution is -2.07. The Balaban J connectivity index is 1.83. The van der Waals surface area contributed by atoms with Gasteiger partial charge in [-0.15, -0.1) is 0 Å². The first-order valence-corrected chi connectivity index (χ1v) is 7.63. The van der Waals surface area contributed by atoms with E-state index >= 15 is 0 Å². The molecule has 0 radical (unpaired) electrons. The highest BCUT2D eigenvalue weighted by molar-refractivity contribution is 5.91. The highest BCUT2D eigenvalue weighted by Gasteiger charge is 2.10. The third-order valence-electron chi connectivity index (χ3n) is 4.18. The zero-order chi connectivity index (χ0) is 16.4. The van der Waals surface area contributed by atoms with Gasteiger partial charge in [0.2, 0.25) is 0 Å². The molecule has 0 aliphatic heterocycles. The fourth-order valence-electron chi connectivity index (χ4n) is 2.88. The second-order valence-electron chi connectivity index (χ2n) is 5.63. The number of anilines is 1. The van der Waals surface area contributed by atoms with Gasteiger partial charge in [-0.2, -0.15) is 10.4 Å². The number of fused-ring (bicyclic) bond motifs is 1. The Morgan fingerprint density at radius 3 is 2.74 bits per heavy atom. The van der Waals surface area contributed by atoms with Crippen molar-refractivity contribution in [1.82, 2.24) is 14.8 Å². The fourth-order valence-corrected chi connectivity index (χ4v) is 2.88. The van der Waals surface area contributed by atoms with E-state index in [4.69, 9.17) is 5.26 Å². The van der Waals surface area contributed by atoms with Crippen molar-refractivity contribution in [3.63, 3.8) is 0 Å². The molecule has 0 amide bonds. The van der Waals surface area contributed by atoms with Gasteiger partial charge in [-0.1, -0.05) is 18.2 Å². The number of pyridine rings is 1. The normalized spacial score (nSPS) is 10.7. The van der Waals surface area contributed by atoms with E-state index in [-0.39, 0.29) is 0 Å². The fraction of sp³-hybridized carbons (Fsp3) is 0.278. The largest absolute Gasteiger partial charge is 0.384 e. The number of hydrogen-bond donors (Lipinski definition) is 1. The molecular formula is C18H19N5. The molecule has 1 aromatic carbocycles. The Morgan fingerprint density at radius 2 is 2.04 bits per heavy atom. The number of para-hydroxylation sites is 1. The molecule has 0 unspecified atom stereocenters. The standard InChI is InChI=1S/C18H19N5/c1-12-15(13(2)23(3)22-12)8-9-20-18-10-14(11-19)21-17-7-5-4-6-16(17)18/h4-7,10H,8-9H2,1-3H3,(H,20,21). The summed E-state index contributed by atoms with van der Waals surface area (Å²) in [5.74, 6) is 0. The van der Waals surface area contributed by atoms with E-state index in [1.165, 1.54) is 11.3 Å². The Hall–Kier alpha value is -2.87. The number of nitrogens with one attached hydrogen (secondary N) is 1. The molecular weight excluding hydrogens is 286 g/mol. The lowest BCUT2D eigenvalue weighted by atomic mass is 10.1. The first kappa shape index (κ1) is 15.0. The van der Waals surface area contributed by atoms with Gasteiger partial charge < -0.3 is 5.32 Å². The van der Waals surface area contributed by atoms with Gasteiger partial charge in [-0.25, -0.2) is 4.98 Å². The maximum atomic E-state index is 9.15. The summed E-state index contributed by atoms with van der Waals surface area (Å²) >= 11 is 0. The Bertz CT molecular complexity index is 902. The van der Waals surface area contributed by atoms with Gasteiger partial charge in [-0.05, 0) is 38.0 Å². The molecule has 3 rings (SSSR count). The molecule has 0 aliphatic rings. The van der Waals surface area contributed by atoms with Crippen LogP contribution in [-0.4, -0.2) is 21.3 Å². The number of aromatic nitrogens is 3. The molecule has 0 fully saturated rings. The SMILES string of the molecule is Cc1nn(C)c(C)c1CCNc1cc(C#N)nc2ccccc12. The zero-order valence-electron chi connectivity index (χ0n) is 13.6. The molecule has 23 heavy (non-hydrogen) atoms. The second-order valence-corrected chi connectivity index (χ2v) is 5.63. The first-order valence-electron chi connectivity index (χ1n) is 7.63. The van der Waals surface area contributed by atoms with Crippen molar-refractivity contribution < 1.29 is 0 Å². The summed E-state index contributed by atoms with van der Waals surface area (Å²) in [5.41, 5.74) is 5.76. The van der Waals surface area contributed by atoms with Crippen molar-refractivity contribution in [2.24, 2.45) is 7.05 Å². The third kappa shape index (κ3) is 2.88. The molecule has 2 heterocycles. The average Bonchev–Trinajstić information content (AvgIpc) is 2.80. The van der Waals surface area contributed by atoms with E-state index in [0.29, 0.717) is 5.69 Å². The minimum atomic E-state index is 0.430. The number of nitrogens with zero attached hydrogens (tertiary/aromatic N) is 4.